The largest absolute Gasteiger partial charge is 0.466 e. The quantitative estimate of drug-likeness (QED) is 0.710. The first-order valence-electron chi connectivity index (χ1n) is 5.27. The van der Waals surface area contributed by atoms with E-state index in [1.54, 1.807) is 6.92 Å². The Morgan fingerprint density at radius 1 is 1.50 bits per heavy atom. The lowest BCUT2D eigenvalue weighted by Gasteiger charge is -2.30. The first kappa shape index (κ1) is 13.3. The van der Waals surface area contributed by atoms with Gasteiger partial charge in [-0.2, -0.15) is 13.2 Å². The van der Waals surface area contributed by atoms with Crippen LogP contribution in [-0.4, -0.2) is 31.5 Å². The van der Waals surface area contributed by atoms with E-state index in [0.717, 1.165) is 0 Å². The molecule has 0 radical (unpaired) electrons. The Balaban J connectivity index is 2.42. The van der Waals surface area contributed by atoms with Crippen LogP contribution in [0, 0.1) is 5.92 Å². The Morgan fingerprint density at radius 3 is 2.75 bits per heavy atom. The molecule has 16 heavy (non-hydrogen) atoms. The minimum Gasteiger partial charge on any atom is -0.466 e. The van der Waals surface area contributed by atoms with Gasteiger partial charge in [0.1, 0.15) is 0 Å². The third-order valence-electron chi connectivity index (χ3n) is 2.53. The van der Waals surface area contributed by atoms with E-state index in [9.17, 15) is 18.0 Å². The third-order valence-corrected chi connectivity index (χ3v) is 2.53. The molecule has 0 bridgehead atoms. The van der Waals surface area contributed by atoms with Crippen molar-refractivity contribution in [2.24, 2.45) is 5.92 Å². The molecule has 0 aliphatic carbocycles. The standard InChI is InChI=1S/C10H15F3O3/c1-2-15-9(14)6-8-5-7(3-4-16-8)10(11,12)13/h7-8H,2-6H2,1H3. The molecule has 0 saturated carbocycles. The molecule has 0 N–H and O–H groups in total. The van der Waals surface area contributed by atoms with Crippen LogP contribution in [0.2, 0.25) is 0 Å². The summed E-state index contributed by atoms with van der Waals surface area (Å²) < 4.78 is 47.1. The van der Waals surface area contributed by atoms with E-state index >= 15 is 0 Å². The Bertz CT molecular complexity index is 240. The molecule has 1 fully saturated rings. The Labute approximate surface area is 91.9 Å². The lowest BCUT2D eigenvalue weighted by Crippen LogP contribution is -2.35. The number of carbonyl (C=O) groups is 1. The van der Waals surface area contributed by atoms with Gasteiger partial charge in [-0.3, -0.25) is 4.79 Å². The number of alkyl halides is 3. The van der Waals surface area contributed by atoms with Crippen molar-refractivity contribution in [1.82, 2.24) is 0 Å². The van der Waals surface area contributed by atoms with Crippen LogP contribution < -0.4 is 0 Å². The van der Waals surface area contributed by atoms with E-state index in [4.69, 9.17) is 4.74 Å². The fourth-order valence-electron chi connectivity index (χ4n) is 1.73. The van der Waals surface area contributed by atoms with Crippen LogP contribution in [0.15, 0.2) is 0 Å². The van der Waals surface area contributed by atoms with Crippen LogP contribution in [0.5, 0.6) is 0 Å². The fraction of sp³-hybridized carbons (Fsp3) is 0.900. The van der Waals surface area contributed by atoms with E-state index in [-0.39, 0.29) is 32.5 Å². The van der Waals surface area contributed by atoms with Crippen molar-refractivity contribution < 1.29 is 27.4 Å². The van der Waals surface area contributed by atoms with Crippen molar-refractivity contribution in [3.8, 4) is 0 Å². The van der Waals surface area contributed by atoms with E-state index in [2.05, 4.69) is 4.74 Å². The van der Waals surface area contributed by atoms with Crippen molar-refractivity contribution >= 4 is 5.97 Å². The van der Waals surface area contributed by atoms with Gasteiger partial charge in [0.25, 0.3) is 0 Å². The summed E-state index contributed by atoms with van der Waals surface area (Å²) in [6.45, 7) is 1.93. The number of esters is 1. The molecule has 1 saturated heterocycles. The molecule has 1 rings (SSSR count). The zero-order chi connectivity index (χ0) is 12.2. The molecule has 2 unspecified atom stereocenters. The average molecular weight is 240 g/mol. The Kier molecular flexibility index (Phi) is 4.58. The molecule has 1 heterocycles. The van der Waals surface area contributed by atoms with Crippen molar-refractivity contribution in [3.63, 3.8) is 0 Å². The summed E-state index contributed by atoms with van der Waals surface area (Å²) in [7, 11) is 0. The smallest absolute Gasteiger partial charge is 0.392 e. The second kappa shape index (κ2) is 5.52. The van der Waals surface area contributed by atoms with Crippen LogP contribution in [0.4, 0.5) is 13.2 Å². The maximum absolute atomic E-state index is 12.4. The van der Waals surface area contributed by atoms with Crippen molar-refractivity contribution in [2.45, 2.75) is 38.5 Å². The number of hydrogen-bond acceptors (Lipinski definition) is 3. The summed E-state index contributed by atoms with van der Waals surface area (Å²) in [5, 5.41) is 0. The van der Waals surface area contributed by atoms with Crippen molar-refractivity contribution in [2.75, 3.05) is 13.2 Å². The van der Waals surface area contributed by atoms with Gasteiger partial charge in [0, 0.05) is 6.61 Å². The monoisotopic (exact) mass is 240 g/mol. The highest BCUT2D eigenvalue weighted by atomic mass is 19.4. The first-order valence-corrected chi connectivity index (χ1v) is 5.27. The lowest BCUT2D eigenvalue weighted by atomic mass is 9.93. The highest BCUT2D eigenvalue weighted by molar-refractivity contribution is 5.69. The number of ether oxygens (including phenoxy) is 2. The summed E-state index contributed by atoms with van der Waals surface area (Å²) in [6.07, 6.45) is -5.14. The fourth-order valence-corrected chi connectivity index (χ4v) is 1.73. The molecule has 0 spiro atoms. The molecule has 1 aliphatic rings. The zero-order valence-corrected chi connectivity index (χ0v) is 9.05. The van der Waals surface area contributed by atoms with Gasteiger partial charge in [-0.25, -0.2) is 0 Å². The van der Waals surface area contributed by atoms with Gasteiger partial charge in [-0.05, 0) is 19.8 Å². The highest BCUT2D eigenvalue weighted by Gasteiger charge is 2.43. The summed E-state index contributed by atoms with van der Waals surface area (Å²) >= 11 is 0. The predicted molar refractivity (Wildman–Crippen MR) is 49.8 cm³/mol. The molecule has 0 amide bonds. The van der Waals surface area contributed by atoms with E-state index in [0.29, 0.717) is 0 Å². The second-order valence-corrected chi connectivity index (χ2v) is 3.76. The average Bonchev–Trinajstić information content (AvgIpc) is 2.17. The lowest BCUT2D eigenvalue weighted by molar-refractivity contribution is -0.203. The minimum atomic E-state index is -4.20. The number of rotatable bonds is 3. The maximum Gasteiger partial charge on any atom is 0.392 e. The SMILES string of the molecule is CCOC(=O)CC1CC(C(F)(F)F)CCO1. The Hall–Kier alpha value is -0.780. The molecule has 3 nitrogen and oxygen atoms in total. The van der Waals surface area contributed by atoms with Crippen LogP contribution in [0.25, 0.3) is 0 Å². The van der Waals surface area contributed by atoms with Gasteiger partial charge in [0.15, 0.2) is 0 Å². The van der Waals surface area contributed by atoms with Gasteiger partial charge in [-0.15, -0.1) is 0 Å². The predicted octanol–water partition coefficient (Wildman–Crippen LogP) is 2.30. The van der Waals surface area contributed by atoms with Gasteiger partial charge < -0.3 is 9.47 Å². The van der Waals surface area contributed by atoms with Crippen LogP contribution in [-0.2, 0) is 14.3 Å². The van der Waals surface area contributed by atoms with E-state index in [1.165, 1.54) is 0 Å². The van der Waals surface area contributed by atoms with Crippen LogP contribution in [0.1, 0.15) is 26.2 Å². The van der Waals surface area contributed by atoms with E-state index < -0.39 is 24.2 Å². The topological polar surface area (TPSA) is 35.5 Å². The van der Waals surface area contributed by atoms with Crippen molar-refractivity contribution in [1.29, 1.82) is 0 Å². The number of hydrogen-bond donors (Lipinski definition) is 0. The summed E-state index contributed by atoms with van der Waals surface area (Å²) in [4.78, 5) is 11.1. The van der Waals surface area contributed by atoms with Crippen molar-refractivity contribution in [3.05, 3.63) is 0 Å². The second-order valence-electron chi connectivity index (χ2n) is 3.76. The van der Waals surface area contributed by atoms with Gasteiger partial charge in [0.2, 0.25) is 0 Å². The third kappa shape index (κ3) is 4.00. The molecule has 0 aromatic rings. The molecule has 94 valence electrons. The number of halogens is 3. The van der Waals surface area contributed by atoms with E-state index in [1.807, 2.05) is 0 Å². The number of carbonyl (C=O) groups excluding carboxylic acids is 1. The molecule has 0 aromatic heterocycles. The summed E-state index contributed by atoms with van der Waals surface area (Å²) in [6, 6.07) is 0. The molecular weight excluding hydrogens is 225 g/mol. The Morgan fingerprint density at radius 2 is 2.19 bits per heavy atom. The molecule has 1 aliphatic heterocycles. The molecule has 2 atom stereocenters. The molecular formula is C10H15F3O3. The highest BCUT2D eigenvalue weighted by Crippen LogP contribution is 2.36. The molecule has 6 heteroatoms. The zero-order valence-electron chi connectivity index (χ0n) is 9.05. The summed E-state index contributed by atoms with van der Waals surface area (Å²) in [5.41, 5.74) is 0. The molecule has 0 aromatic carbocycles. The van der Waals surface area contributed by atoms with Crippen LogP contribution in [0.3, 0.4) is 0 Å². The van der Waals surface area contributed by atoms with Gasteiger partial charge in [-0.1, -0.05) is 0 Å². The first-order chi connectivity index (χ1) is 7.43. The summed E-state index contributed by atoms with van der Waals surface area (Å²) in [5.74, 6) is -1.86. The maximum atomic E-state index is 12.4. The van der Waals surface area contributed by atoms with Gasteiger partial charge in [0.05, 0.1) is 25.0 Å². The minimum absolute atomic E-state index is 0.0250. The van der Waals surface area contributed by atoms with Gasteiger partial charge >= 0.3 is 12.1 Å². The van der Waals surface area contributed by atoms with Crippen LogP contribution >= 0.6 is 0 Å². The normalized spacial score (nSPS) is 26.5.